The van der Waals surface area contributed by atoms with Crippen LogP contribution in [0.4, 0.5) is 31.0 Å². The number of likely N-dealkylation sites (N-methyl/N-ethyl adjacent to an activating group) is 1. The van der Waals surface area contributed by atoms with Gasteiger partial charge in [-0.15, -0.1) is 0 Å². The summed E-state index contributed by atoms with van der Waals surface area (Å²) in [6.45, 7) is 9.16. The zero-order valence-electron chi connectivity index (χ0n) is 44.1. The van der Waals surface area contributed by atoms with Crippen LogP contribution in [0.3, 0.4) is 0 Å². The number of amides is 6. The largest absolute Gasteiger partial charge is 0.444 e. The van der Waals surface area contributed by atoms with Gasteiger partial charge in [0.2, 0.25) is 29.5 Å². The Labute approximate surface area is 438 Å². The lowest BCUT2D eigenvalue weighted by Crippen LogP contribution is -2.56. The van der Waals surface area contributed by atoms with Gasteiger partial charge in [-0.2, -0.15) is 5.26 Å². The number of likely N-dealkylation sites (tertiary alicyclic amines) is 2. The molecule has 4 N–H and O–H groups in total. The molecule has 3 fully saturated rings. The molecule has 18 nitrogen and oxygen atoms in total. The summed E-state index contributed by atoms with van der Waals surface area (Å²) in [6.07, 6.45) is 8.04. The molecule has 0 saturated carbocycles. The Morgan fingerprint density at radius 2 is 1.67 bits per heavy atom. The Morgan fingerprint density at radius 3 is 2.37 bits per heavy atom. The molecule has 75 heavy (non-hydrogen) atoms. The molecule has 0 radical (unpaired) electrons. The van der Waals surface area contributed by atoms with Crippen LogP contribution in [0.5, 0.6) is 0 Å². The molecular formula is C55H73F2N11O7. The van der Waals surface area contributed by atoms with Crippen LogP contribution in [0.2, 0.25) is 0 Å². The fraction of sp³-hybridized carbons (Fsp3) is 0.582. The minimum Gasteiger partial charge on any atom is -0.444 e. The van der Waals surface area contributed by atoms with E-state index in [4.69, 9.17) is 4.74 Å². The van der Waals surface area contributed by atoms with Crippen LogP contribution in [0.15, 0.2) is 54.7 Å². The molecule has 4 aliphatic rings. The van der Waals surface area contributed by atoms with E-state index >= 15 is 0 Å². The Kier molecular flexibility index (Phi) is 18.3. The quantitative estimate of drug-likeness (QED) is 0.0944. The number of anilines is 3. The predicted octanol–water partition coefficient (Wildman–Crippen LogP) is 7.02. The van der Waals surface area contributed by atoms with Crippen molar-refractivity contribution in [1.29, 1.82) is 5.26 Å². The number of carbonyl (C=O) groups excluding carboxylic acids is 6. The molecule has 0 spiro atoms. The highest BCUT2D eigenvalue weighted by atomic mass is 19.3. The lowest BCUT2D eigenvalue weighted by atomic mass is 9.87. The molecule has 5 atom stereocenters. The summed E-state index contributed by atoms with van der Waals surface area (Å²) in [6, 6.07) is 13.4. The number of hydrogen-bond donors (Lipinski definition) is 4. The third-order valence-corrected chi connectivity index (χ3v) is 14.6. The summed E-state index contributed by atoms with van der Waals surface area (Å²) < 4.78 is 34.0. The van der Waals surface area contributed by atoms with Crippen molar-refractivity contribution in [3.8, 4) is 6.07 Å². The highest BCUT2D eigenvalue weighted by Gasteiger charge is 2.43. The lowest BCUT2D eigenvalue weighted by molar-refractivity contribution is -0.141. The average molecular weight is 1040 g/mol. The van der Waals surface area contributed by atoms with E-state index in [-0.39, 0.29) is 62.0 Å². The number of fused-ring (bicyclic) bond motifs is 1. The number of aryl methyl sites for hydroxylation is 1. The molecule has 3 aliphatic heterocycles. The maximum absolute atomic E-state index is 14.3. The second kappa shape index (κ2) is 24.6. The highest BCUT2D eigenvalue weighted by molar-refractivity contribution is 5.94. The van der Waals surface area contributed by atoms with Gasteiger partial charge >= 0.3 is 6.09 Å². The molecule has 3 saturated heterocycles. The monoisotopic (exact) mass is 1040 g/mol. The van der Waals surface area contributed by atoms with Gasteiger partial charge in [-0.25, -0.2) is 23.5 Å². The third-order valence-electron chi connectivity index (χ3n) is 14.6. The SMILES string of the molecule is C[C@H](NC(=O)[C@H](C)N(C)C(=O)OC(C)(C)C)C(=O)N1C[C@@H](NC(=O)CCCCCCC(=O)N2CCC(c3cc(Nc4cc(C#N)ccn4)nc(N4CCC(F)(F)C4)c3)CC2)C[C@H]1C(=O)N[C@@H]1CCCc2ccccc21. The second-order valence-corrected chi connectivity index (χ2v) is 21.6. The fourth-order valence-electron chi connectivity index (χ4n) is 10.4. The van der Waals surface area contributed by atoms with Gasteiger partial charge in [-0.3, -0.25) is 28.9 Å². The minimum atomic E-state index is -2.80. The fourth-order valence-corrected chi connectivity index (χ4v) is 10.4. The first-order valence-electron chi connectivity index (χ1n) is 26.5. The molecular weight excluding hydrogens is 965 g/mol. The Morgan fingerprint density at radius 1 is 0.933 bits per heavy atom. The summed E-state index contributed by atoms with van der Waals surface area (Å²) >= 11 is 0. The van der Waals surface area contributed by atoms with E-state index in [2.05, 4.69) is 43.4 Å². The molecule has 3 aromatic rings. The van der Waals surface area contributed by atoms with Crippen molar-refractivity contribution >= 4 is 53.1 Å². The zero-order valence-corrected chi connectivity index (χ0v) is 44.1. The number of carbonyl (C=O) groups is 6. The summed E-state index contributed by atoms with van der Waals surface area (Å²) in [7, 11) is 1.44. The maximum atomic E-state index is 14.3. The molecule has 7 rings (SSSR count). The Bertz CT molecular complexity index is 2600. The van der Waals surface area contributed by atoms with Gasteiger partial charge in [0.15, 0.2) is 0 Å². The minimum absolute atomic E-state index is 0.0647. The number of nitrogens with zero attached hydrogens (tertiary/aromatic N) is 7. The molecule has 2 aromatic heterocycles. The molecule has 0 unspecified atom stereocenters. The van der Waals surface area contributed by atoms with Crippen LogP contribution in [0.1, 0.15) is 146 Å². The average Bonchev–Trinajstić information content (AvgIpc) is 3.98. The number of piperidine rings is 1. The summed E-state index contributed by atoms with van der Waals surface area (Å²) in [5, 5.41) is 21.4. The van der Waals surface area contributed by atoms with Gasteiger partial charge in [-0.1, -0.05) is 37.1 Å². The van der Waals surface area contributed by atoms with Crippen molar-refractivity contribution in [2.45, 2.75) is 166 Å². The standard InChI is InChI=1S/C55H73F2N11O7/c1-35(60-50(71)36(2)65(6)53(74)75-54(3,4)5)52(73)68-33-41(31-44(68)51(72)62-43-17-13-15-39-14-11-12-16-42(39)43)61-48(69)18-9-7-8-10-19-49(70)66-25-21-38(22-26-66)40-29-46(63-45-28-37(32-58)20-24-59-45)64-47(30-40)67-27-23-55(56,57)34-67/h11-12,14,16,20,24,28-30,35-36,38,41,43-44H,7-10,13,15,17-19,21-23,25-27,31,33-34H2,1-6H3,(H,60,71)(H,61,69)(H,62,72)(H,59,63,64)/t35-,36-,41-,43+,44-/m0/s1. The lowest BCUT2D eigenvalue weighted by Gasteiger charge is -2.33. The van der Waals surface area contributed by atoms with Crippen LogP contribution in [0, 0.1) is 11.3 Å². The molecule has 1 aliphatic carbocycles. The topological polar surface area (TPSA) is 222 Å². The Hall–Kier alpha value is -6.91. The van der Waals surface area contributed by atoms with E-state index in [0.717, 1.165) is 48.1 Å². The van der Waals surface area contributed by atoms with E-state index < -0.39 is 60.1 Å². The van der Waals surface area contributed by atoms with Crippen LogP contribution < -0.4 is 26.2 Å². The number of halogens is 2. The van der Waals surface area contributed by atoms with Crippen molar-refractivity contribution in [1.82, 2.24) is 40.6 Å². The number of benzene rings is 1. The van der Waals surface area contributed by atoms with E-state index in [1.165, 1.54) is 37.6 Å². The van der Waals surface area contributed by atoms with Gasteiger partial charge in [0.25, 0.3) is 5.92 Å². The van der Waals surface area contributed by atoms with Crippen LogP contribution in [0.25, 0.3) is 0 Å². The number of aromatic nitrogens is 2. The van der Waals surface area contributed by atoms with Crippen LogP contribution >= 0.6 is 0 Å². The number of nitrogens with one attached hydrogen (secondary N) is 4. The highest BCUT2D eigenvalue weighted by Crippen LogP contribution is 2.36. The van der Waals surface area contributed by atoms with Gasteiger partial charge in [-0.05, 0) is 133 Å². The molecule has 20 heteroatoms. The van der Waals surface area contributed by atoms with Gasteiger partial charge in [0.05, 0.1) is 24.2 Å². The molecule has 5 heterocycles. The first-order valence-corrected chi connectivity index (χ1v) is 26.5. The third kappa shape index (κ3) is 15.1. The maximum Gasteiger partial charge on any atom is 0.410 e. The van der Waals surface area contributed by atoms with Crippen molar-refractivity contribution in [2.24, 2.45) is 0 Å². The van der Waals surface area contributed by atoms with Gasteiger partial charge in [0, 0.05) is 64.7 Å². The number of pyridine rings is 2. The van der Waals surface area contributed by atoms with E-state index in [1.54, 1.807) is 37.8 Å². The number of unbranched alkanes of at least 4 members (excludes halogenated alkanes) is 3. The van der Waals surface area contributed by atoms with E-state index in [1.807, 2.05) is 35.2 Å². The van der Waals surface area contributed by atoms with E-state index in [9.17, 15) is 42.8 Å². The Balaban J connectivity index is 0.872. The predicted molar refractivity (Wildman–Crippen MR) is 278 cm³/mol. The van der Waals surface area contributed by atoms with E-state index in [0.29, 0.717) is 68.2 Å². The number of rotatable bonds is 18. The number of nitriles is 1. The van der Waals surface area contributed by atoms with Gasteiger partial charge < -0.3 is 40.7 Å². The number of hydrogen-bond acceptors (Lipinski definition) is 12. The van der Waals surface area contributed by atoms with Gasteiger partial charge in [0.1, 0.15) is 41.2 Å². The first kappa shape index (κ1) is 55.8. The number of ether oxygens (including phenoxy) is 1. The van der Waals surface area contributed by atoms with Crippen molar-refractivity contribution in [3.05, 3.63) is 77.0 Å². The smallest absolute Gasteiger partial charge is 0.410 e. The second-order valence-electron chi connectivity index (χ2n) is 21.6. The first-order chi connectivity index (χ1) is 35.7. The van der Waals surface area contributed by atoms with Crippen molar-refractivity contribution in [3.63, 3.8) is 0 Å². The van der Waals surface area contributed by atoms with Crippen molar-refractivity contribution < 1.29 is 42.3 Å². The van der Waals surface area contributed by atoms with Crippen LogP contribution in [-0.4, -0.2) is 136 Å². The molecule has 6 amide bonds. The van der Waals surface area contributed by atoms with Crippen LogP contribution in [-0.2, 0) is 35.1 Å². The molecule has 1 aromatic carbocycles. The molecule has 0 bridgehead atoms. The number of alkyl halides is 2. The summed E-state index contributed by atoms with van der Waals surface area (Å²) in [5.41, 5.74) is 2.80. The summed E-state index contributed by atoms with van der Waals surface area (Å²) in [4.78, 5) is 95.9. The summed E-state index contributed by atoms with van der Waals surface area (Å²) in [5.74, 6) is -2.98. The zero-order chi connectivity index (χ0) is 54.0. The van der Waals surface area contributed by atoms with Crippen molar-refractivity contribution in [2.75, 3.05) is 50.0 Å². The molecule has 404 valence electrons. The normalized spacial score (nSPS) is 20.3.